The number of hydrogen-bond donors (Lipinski definition) is 0. The van der Waals surface area contributed by atoms with Crippen LogP contribution in [-0.2, 0) is 10.0 Å². The van der Waals surface area contributed by atoms with Crippen molar-refractivity contribution in [1.29, 1.82) is 0 Å². The third kappa shape index (κ3) is 4.28. The minimum Gasteiger partial charge on any atom is -0.488 e. The zero-order valence-corrected chi connectivity index (χ0v) is 16.7. The minimum atomic E-state index is -3.23. The summed E-state index contributed by atoms with van der Waals surface area (Å²) in [6, 6.07) is 7.33. The van der Waals surface area contributed by atoms with Crippen molar-refractivity contribution >= 4 is 10.0 Å². The fourth-order valence-corrected chi connectivity index (χ4v) is 4.76. The number of nitrogens with zero attached hydrogens (tertiary/aromatic N) is 5. The number of para-hydroxylation sites is 1. The van der Waals surface area contributed by atoms with E-state index in [0.717, 1.165) is 0 Å². The summed E-state index contributed by atoms with van der Waals surface area (Å²) >= 11 is 0. The molecule has 1 aliphatic rings. The molecule has 0 amide bonds. The third-order valence-electron chi connectivity index (χ3n) is 4.59. The van der Waals surface area contributed by atoms with Crippen LogP contribution in [0, 0.1) is 0 Å². The lowest BCUT2D eigenvalue weighted by atomic mass is 10.2. The fraction of sp³-hybridized carbons (Fsp3) is 0.368. The second-order valence-corrected chi connectivity index (χ2v) is 8.80. The normalized spacial score (nSPS) is 17.5. The molecule has 0 radical (unpaired) electrons. The number of hydrogen-bond acceptors (Lipinski definition) is 8. The zero-order chi connectivity index (χ0) is 20.3. The maximum atomic E-state index is 12.3. The van der Waals surface area contributed by atoms with Crippen molar-refractivity contribution in [2.45, 2.75) is 25.9 Å². The SMILES string of the molecule is CCCS(=O)(=O)N1CCC(Oc2ccccc2-c2nc(-c3cnccn3)no2)C1. The van der Waals surface area contributed by atoms with Gasteiger partial charge in [-0.15, -0.1) is 0 Å². The molecule has 1 atom stereocenters. The molecule has 0 N–H and O–H groups in total. The molecule has 3 heterocycles. The van der Waals surface area contributed by atoms with Crippen LogP contribution in [0.2, 0.25) is 0 Å². The van der Waals surface area contributed by atoms with Crippen molar-refractivity contribution in [2.24, 2.45) is 0 Å². The molecule has 1 unspecified atom stereocenters. The van der Waals surface area contributed by atoms with Crippen molar-refractivity contribution in [1.82, 2.24) is 24.4 Å². The third-order valence-corrected chi connectivity index (χ3v) is 6.64. The first-order valence-electron chi connectivity index (χ1n) is 9.41. The van der Waals surface area contributed by atoms with Crippen LogP contribution < -0.4 is 4.74 Å². The van der Waals surface area contributed by atoms with Gasteiger partial charge in [-0.05, 0) is 25.0 Å². The average Bonchev–Trinajstić information content (AvgIpc) is 3.39. The Kier molecular flexibility index (Phi) is 5.54. The summed E-state index contributed by atoms with van der Waals surface area (Å²) < 4.78 is 37.6. The van der Waals surface area contributed by atoms with Gasteiger partial charge in [0.05, 0.1) is 24.1 Å². The minimum absolute atomic E-state index is 0.156. The van der Waals surface area contributed by atoms with E-state index in [1.807, 2.05) is 31.2 Å². The number of ether oxygens (including phenoxy) is 1. The van der Waals surface area contributed by atoms with Gasteiger partial charge in [0.2, 0.25) is 15.8 Å². The van der Waals surface area contributed by atoms with Gasteiger partial charge in [0.25, 0.3) is 5.89 Å². The molecule has 4 rings (SSSR count). The van der Waals surface area contributed by atoms with Crippen molar-refractivity contribution in [3.63, 3.8) is 0 Å². The summed E-state index contributed by atoms with van der Waals surface area (Å²) in [5, 5.41) is 3.97. The molecule has 152 valence electrons. The van der Waals surface area contributed by atoms with Crippen LogP contribution in [0.5, 0.6) is 5.75 Å². The van der Waals surface area contributed by atoms with E-state index in [2.05, 4.69) is 20.1 Å². The van der Waals surface area contributed by atoms with E-state index in [4.69, 9.17) is 9.26 Å². The molecule has 10 heteroatoms. The molecule has 0 spiro atoms. The van der Waals surface area contributed by atoms with E-state index in [0.29, 0.717) is 54.7 Å². The predicted molar refractivity (Wildman–Crippen MR) is 105 cm³/mol. The smallest absolute Gasteiger partial charge is 0.262 e. The van der Waals surface area contributed by atoms with Crippen LogP contribution >= 0.6 is 0 Å². The summed E-state index contributed by atoms with van der Waals surface area (Å²) in [5.74, 6) is 1.36. The Hall–Kier alpha value is -2.85. The molecule has 0 saturated carbocycles. The lowest BCUT2D eigenvalue weighted by Gasteiger charge is -2.17. The van der Waals surface area contributed by atoms with Crippen LogP contribution in [-0.4, -0.2) is 57.8 Å². The van der Waals surface area contributed by atoms with Crippen LogP contribution in [0.4, 0.5) is 0 Å². The summed E-state index contributed by atoms with van der Waals surface area (Å²) in [5.41, 5.74) is 1.15. The van der Waals surface area contributed by atoms with Crippen molar-refractivity contribution in [3.8, 4) is 28.7 Å². The van der Waals surface area contributed by atoms with E-state index >= 15 is 0 Å². The Morgan fingerprint density at radius 3 is 2.93 bits per heavy atom. The topological polar surface area (TPSA) is 111 Å². The monoisotopic (exact) mass is 415 g/mol. The molecular weight excluding hydrogens is 394 g/mol. The summed E-state index contributed by atoms with van der Waals surface area (Å²) in [4.78, 5) is 12.6. The number of sulfonamides is 1. The second-order valence-electron chi connectivity index (χ2n) is 6.71. The first-order chi connectivity index (χ1) is 14.1. The highest BCUT2D eigenvalue weighted by atomic mass is 32.2. The summed E-state index contributed by atoms with van der Waals surface area (Å²) in [7, 11) is -3.23. The lowest BCUT2D eigenvalue weighted by molar-refractivity contribution is 0.216. The Morgan fingerprint density at radius 1 is 1.28 bits per heavy atom. The molecule has 1 saturated heterocycles. The van der Waals surface area contributed by atoms with Crippen LogP contribution in [0.3, 0.4) is 0 Å². The van der Waals surface area contributed by atoms with Gasteiger partial charge >= 0.3 is 0 Å². The van der Waals surface area contributed by atoms with Gasteiger partial charge in [0.1, 0.15) is 17.5 Å². The molecule has 0 aliphatic carbocycles. The van der Waals surface area contributed by atoms with Gasteiger partial charge in [0.15, 0.2) is 0 Å². The number of rotatable bonds is 7. The van der Waals surface area contributed by atoms with Crippen molar-refractivity contribution < 1.29 is 17.7 Å². The maximum Gasteiger partial charge on any atom is 0.262 e. The largest absolute Gasteiger partial charge is 0.488 e. The highest BCUT2D eigenvalue weighted by molar-refractivity contribution is 7.89. The first-order valence-corrected chi connectivity index (χ1v) is 11.0. The second kappa shape index (κ2) is 8.26. The quantitative estimate of drug-likeness (QED) is 0.578. The van der Waals surface area contributed by atoms with Gasteiger partial charge in [-0.2, -0.15) is 9.29 Å². The van der Waals surface area contributed by atoms with Crippen LogP contribution in [0.25, 0.3) is 23.0 Å². The van der Waals surface area contributed by atoms with Gasteiger partial charge in [-0.3, -0.25) is 4.98 Å². The van der Waals surface area contributed by atoms with Gasteiger partial charge in [-0.25, -0.2) is 13.4 Å². The Balaban J connectivity index is 1.52. The summed E-state index contributed by atoms with van der Waals surface area (Å²) in [6.45, 7) is 2.66. The molecule has 1 fully saturated rings. The lowest BCUT2D eigenvalue weighted by Crippen LogP contribution is -2.32. The molecule has 1 aliphatic heterocycles. The zero-order valence-electron chi connectivity index (χ0n) is 15.9. The molecule has 29 heavy (non-hydrogen) atoms. The molecule has 2 aromatic heterocycles. The van der Waals surface area contributed by atoms with Gasteiger partial charge in [-0.1, -0.05) is 24.2 Å². The maximum absolute atomic E-state index is 12.3. The van der Waals surface area contributed by atoms with Gasteiger partial charge < -0.3 is 9.26 Å². The Morgan fingerprint density at radius 2 is 2.14 bits per heavy atom. The molecule has 0 bridgehead atoms. The highest BCUT2D eigenvalue weighted by Gasteiger charge is 2.32. The first kappa shape index (κ1) is 19.5. The standard InChI is InChI=1S/C19H21N5O4S/c1-2-11-29(25,26)24-10-7-14(13-24)27-17-6-4-3-5-15(17)19-22-18(23-28-19)16-12-20-8-9-21-16/h3-6,8-9,12,14H,2,7,10-11,13H2,1H3. The van der Waals surface area contributed by atoms with Gasteiger partial charge in [0, 0.05) is 18.9 Å². The molecule has 1 aromatic carbocycles. The highest BCUT2D eigenvalue weighted by Crippen LogP contribution is 2.32. The van der Waals surface area contributed by atoms with Crippen molar-refractivity contribution in [3.05, 3.63) is 42.9 Å². The van der Waals surface area contributed by atoms with Crippen LogP contribution in [0.1, 0.15) is 19.8 Å². The van der Waals surface area contributed by atoms with E-state index in [1.165, 1.54) is 4.31 Å². The average molecular weight is 415 g/mol. The molecule has 3 aromatic rings. The fourth-order valence-electron chi connectivity index (χ4n) is 3.21. The Labute approximate surface area is 168 Å². The molecular formula is C19H21N5O4S. The van der Waals surface area contributed by atoms with E-state index in [1.54, 1.807) is 18.6 Å². The number of aromatic nitrogens is 4. The van der Waals surface area contributed by atoms with E-state index < -0.39 is 10.0 Å². The van der Waals surface area contributed by atoms with Crippen LogP contribution in [0.15, 0.2) is 47.4 Å². The number of benzene rings is 1. The van der Waals surface area contributed by atoms with E-state index in [-0.39, 0.29) is 11.9 Å². The predicted octanol–water partition coefficient (Wildman–Crippen LogP) is 2.39. The Bertz CT molecular complexity index is 1070. The summed E-state index contributed by atoms with van der Waals surface area (Å²) in [6.07, 6.45) is 5.68. The van der Waals surface area contributed by atoms with Crippen molar-refractivity contribution in [2.75, 3.05) is 18.8 Å². The van der Waals surface area contributed by atoms with E-state index in [9.17, 15) is 8.42 Å². The molecule has 9 nitrogen and oxygen atoms in total.